The molecular weight excluding hydrogens is 493 g/mol. The fourth-order valence-electron chi connectivity index (χ4n) is 4.49. The van der Waals surface area contributed by atoms with Crippen molar-refractivity contribution in [3.63, 3.8) is 0 Å². The van der Waals surface area contributed by atoms with Crippen LogP contribution in [0.3, 0.4) is 0 Å². The van der Waals surface area contributed by atoms with Crippen molar-refractivity contribution in [2.24, 2.45) is 0 Å². The quantitative estimate of drug-likeness (QED) is 0.452. The predicted molar refractivity (Wildman–Crippen MR) is 135 cm³/mol. The fraction of sp³-hybridized carbons (Fsp3) is 0.250. The van der Waals surface area contributed by atoms with E-state index in [2.05, 4.69) is 10.6 Å². The van der Waals surface area contributed by atoms with E-state index in [1.807, 2.05) is 0 Å². The normalized spacial score (nSPS) is 19.5. The van der Waals surface area contributed by atoms with Gasteiger partial charge in [-0.3, -0.25) is 14.4 Å². The molecule has 0 saturated carbocycles. The van der Waals surface area contributed by atoms with Crippen LogP contribution in [0.5, 0.6) is 11.5 Å². The molecule has 3 aromatic rings. The third-order valence-electron chi connectivity index (χ3n) is 6.52. The lowest BCUT2D eigenvalue weighted by Crippen LogP contribution is -2.45. The molecular formula is C28H26FN3O6. The van der Waals surface area contributed by atoms with Crippen LogP contribution in [-0.2, 0) is 16.1 Å². The monoisotopic (exact) mass is 519 g/mol. The van der Waals surface area contributed by atoms with Gasteiger partial charge in [-0.25, -0.2) is 4.39 Å². The van der Waals surface area contributed by atoms with Crippen LogP contribution in [-0.4, -0.2) is 66.2 Å². The number of hydrogen-bond acceptors (Lipinski definition) is 6. The van der Waals surface area contributed by atoms with Gasteiger partial charge in [-0.2, -0.15) is 0 Å². The molecule has 38 heavy (non-hydrogen) atoms. The number of hydrogen-bond donors (Lipinski definition) is 3. The van der Waals surface area contributed by atoms with Gasteiger partial charge in [0.1, 0.15) is 30.0 Å². The molecule has 3 amide bonds. The van der Waals surface area contributed by atoms with Gasteiger partial charge in [0.25, 0.3) is 11.8 Å². The van der Waals surface area contributed by atoms with E-state index in [0.29, 0.717) is 29.2 Å². The first-order valence-corrected chi connectivity index (χ1v) is 12.1. The first-order valence-electron chi connectivity index (χ1n) is 12.1. The van der Waals surface area contributed by atoms with Crippen LogP contribution in [0.2, 0.25) is 0 Å². The minimum atomic E-state index is -0.702. The van der Waals surface area contributed by atoms with E-state index >= 15 is 0 Å². The van der Waals surface area contributed by atoms with E-state index in [1.165, 1.54) is 17.0 Å². The molecule has 6 rings (SSSR count). The highest BCUT2D eigenvalue weighted by Crippen LogP contribution is 2.27. The van der Waals surface area contributed by atoms with E-state index in [4.69, 9.17) is 9.47 Å². The molecule has 1 fully saturated rings. The molecule has 0 unspecified atom stereocenters. The summed E-state index contributed by atoms with van der Waals surface area (Å²) in [4.78, 5) is 39.1. The Kier molecular flexibility index (Phi) is 7.23. The Morgan fingerprint density at radius 3 is 2.58 bits per heavy atom. The topological polar surface area (TPSA) is 117 Å². The third-order valence-corrected chi connectivity index (χ3v) is 6.52. The molecule has 2 atom stereocenters. The third kappa shape index (κ3) is 5.60. The molecule has 1 saturated heterocycles. The molecule has 0 aliphatic carbocycles. The SMILES string of the molecule is O=C1COc2cccc(c2)-c2ccc(F)c(c2)C(=O)N[C@H]2CN(C(=O)CO)C[C@@H]2Oc2ccc(cc2)CN1. The van der Waals surface area contributed by atoms with Crippen molar-refractivity contribution in [1.29, 1.82) is 0 Å². The summed E-state index contributed by atoms with van der Waals surface area (Å²) in [5.74, 6) is -1.21. The number of likely N-dealkylation sites (tertiary alicyclic amines) is 1. The van der Waals surface area contributed by atoms with Crippen LogP contribution >= 0.6 is 0 Å². The van der Waals surface area contributed by atoms with Gasteiger partial charge in [0.05, 0.1) is 18.2 Å². The second kappa shape index (κ2) is 10.9. The van der Waals surface area contributed by atoms with Crippen LogP contribution in [0.15, 0.2) is 66.7 Å². The number of nitrogens with one attached hydrogen (secondary N) is 2. The van der Waals surface area contributed by atoms with E-state index in [0.717, 1.165) is 5.56 Å². The molecule has 6 bridgehead atoms. The van der Waals surface area contributed by atoms with Crippen LogP contribution in [0, 0.1) is 5.82 Å². The predicted octanol–water partition coefficient (Wildman–Crippen LogP) is 1.88. The Hall–Kier alpha value is -4.44. The highest BCUT2D eigenvalue weighted by molar-refractivity contribution is 5.96. The Morgan fingerprint density at radius 2 is 1.79 bits per heavy atom. The van der Waals surface area contributed by atoms with Gasteiger partial charge >= 0.3 is 0 Å². The number of halogens is 1. The number of amides is 3. The average molecular weight is 520 g/mol. The lowest BCUT2D eigenvalue weighted by atomic mass is 10.0. The fourth-order valence-corrected chi connectivity index (χ4v) is 4.49. The molecule has 196 valence electrons. The average Bonchev–Trinajstić information content (AvgIpc) is 3.32. The number of rotatable bonds is 1. The molecule has 0 radical (unpaired) electrons. The molecule has 10 heteroatoms. The molecule has 0 aromatic heterocycles. The number of ether oxygens (including phenoxy) is 2. The Balaban J connectivity index is 1.49. The Morgan fingerprint density at radius 1 is 1.00 bits per heavy atom. The van der Waals surface area contributed by atoms with E-state index in [1.54, 1.807) is 54.6 Å². The smallest absolute Gasteiger partial charge is 0.258 e. The second-order valence-corrected chi connectivity index (χ2v) is 9.12. The summed E-state index contributed by atoms with van der Waals surface area (Å²) >= 11 is 0. The summed E-state index contributed by atoms with van der Waals surface area (Å²) in [5, 5.41) is 14.9. The first kappa shape index (κ1) is 25.2. The molecule has 9 nitrogen and oxygen atoms in total. The standard InChI is InChI=1S/C28H26FN3O6/c29-23-9-6-19-11-22(23)28(36)31-24-13-32(27(35)15-33)14-25(24)38-20-7-4-17(5-8-20)12-30-26(34)16-37-21-3-1-2-18(19)10-21/h1-11,24-25,33H,12-16H2,(H,30,34)(H,31,36)/t24-,25-/m0/s1. The Labute approximate surface area is 218 Å². The minimum absolute atomic E-state index is 0.0978. The number of carbonyl (C=O) groups excluding carboxylic acids is 3. The van der Waals surface area contributed by atoms with Crippen LogP contribution < -0.4 is 20.1 Å². The van der Waals surface area contributed by atoms with Gasteiger partial charge < -0.3 is 30.1 Å². The van der Waals surface area contributed by atoms with Crippen molar-refractivity contribution in [1.82, 2.24) is 15.5 Å². The van der Waals surface area contributed by atoms with Crippen molar-refractivity contribution in [3.05, 3.63) is 83.7 Å². The van der Waals surface area contributed by atoms with Crippen molar-refractivity contribution < 1.29 is 33.4 Å². The maximum atomic E-state index is 14.8. The molecule has 0 spiro atoms. The number of fused-ring (bicyclic) bond motifs is 7. The largest absolute Gasteiger partial charge is 0.486 e. The van der Waals surface area contributed by atoms with Crippen molar-refractivity contribution in [3.8, 4) is 22.6 Å². The summed E-state index contributed by atoms with van der Waals surface area (Å²) in [7, 11) is 0. The van der Waals surface area contributed by atoms with Crippen molar-refractivity contribution >= 4 is 17.7 Å². The van der Waals surface area contributed by atoms with Gasteiger partial charge in [-0.1, -0.05) is 30.3 Å². The van der Waals surface area contributed by atoms with Crippen molar-refractivity contribution in [2.75, 3.05) is 26.3 Å². The molecule has 3 aromatic carbocycles. The highest BCUT2D eigenvalue weighted by Gasteiger charge is 2.38. The maximum absolute atomic E-state index is 14.8. The number of nitrogens with zero attached hydrogens (tertiary/aromatic N) is 1. The summed E-state index contributed by atoms with van der Waals surface area (Å²) in [6, 6.07) is 17.5. The van der Waals surface area contributed by atoms with Crippen LogP contribution in [0.25, 0.3) is 11.1 Å². The molecule has 3 heterocycles. The Bertz CT molecular complexity index is 1360. The van der Waals surface area contributed by atoms with E-state index in [9.17, 15) is 23.9 Å². The zero-order chi connectivity index (χ0) is 26.6. The van der Waals surface area contributed by atoms with Crippen molar-refractivity contribution in [2.45, 2.75) is 18.7 Å². The molecule has 3 aliphatic rings. The zero-order valence-electron chi connectivity index (χ0n) is 20.4. The number of aliphatic hydroxyl groups excluding tert-OH is 1. The number of aliphatic hydroxyl groups is 1. The lowest BCUT2D eigenvalue weighted by Gasteiger charge is -2.21. The van der Waals surface area contributed by atoms with E-state index < -0.39 is 36.4 Å². The number of carbonyl (C=O) groups is 3. The highest BCUT2D eigenvalue weighted by atomic mass is 19.1. The summed E-state index contributed by atoms with van der Waals surface area (Å²) in [6.45, 7) is -0.332. The zero-order valence-corrected chi connectivity index (χ0v) is 20.4. The first-order chi connectivity index (χ1) is 18.4. The van der Waals surface area contributed by atoms with E-state index in [-0.39, 0.29) is 31.2 Å². The minimum Gasteiger partial charge on any atom is -0.486 e. The van der Waals surface area contributed by atoms with Gasteiger partial charge in [0.2, 0.25) is 5.91 Å². The summed E-state index contributed by atoms with van der Waals surface area (Å²) in [5.41, 5.74) is 1.92. The van der Waals surface area contributed by atoms with Crippen LogP contribution in [0.1, 0.15) is 15.9 Å². The van der Waals surface area contributed by atoms with Crippen LogP contribution in [0.4, 0.5) is 4.39 Å². The summed E-state index contributed by atoms with van der Waals surface area (Å²) < 4.78 is 26.5. The molecule has 3 aliphatic heterocycles. The van der Waals surface area contributed by atoms with Gasteiger partial charge in [-0.05, 0) is 53.1 Å². The second-order valence-electron chi connectivity index (χ2n) is 9.12. The van der Waals surface area contributed by atoms with Gasteiger partial charge in [-0.15, -0.1) is 0 Å². The summed E-state index contributed by atoms with van der Waals surface area (Å²) in [6.07, 6.45) is -0.634. The maximum Gasteiger partial charge on any atom is 0.258 e. The number of benzene rings is 3. The lowest BCUT2D eigenvalue weighted by molar-refractivity contribution is -0.133. The van der Waals surface area contributed by atoms with Gasteiger partial charge in [0.15, 0.2) is 6.61 Å². The molecule has 3 N–H and O–H groups in total. The van der Waals surface area contributed by atoms with Gasteiger partial charge in [0, 0.05) is 13.1 Å².